The molecule has 3 heteroatoms. The summed E-state index contributed by atoms with van der Waals surface area (Å²) in [5.41, 5.74) is 2.76. The van der Waals surface area contributed by atoms with E-state index in [-0.39, 0.29) is 0 Å². The summed E-state index contributed by atoms with van der Waals surface area (Å²) < 4.78 is 1.14. The van der Waals surface area contributed by atoms with Gasteiger partial charge in [0.2, 0.25) is 0 Å². The lowest BCUT2D eigenvalue weighted by Gasteiger charge is -2.20. The Morgan fingerprint density at radius 3 is 2.89 bits per heavy atom. The van der Waals surface area contributed by atoms with Crippen LogP contribution in [-0.4, -0.2) is 5.75 Å². The highest BCUT2D eigenvalue weighted by Crippen LogP contribution is 2.38. The Hall–Kier alpha value is -0.770. The van der Waals surface area contributed by atoms with E-state index in [1.165, 1.54) is 16.0 Å². The molecule has 2 atom stereocenters. The van der Waals surface area contributed by atoms with E-state index in [0.717, 1.165) is 10.2 Å². The minimum absolute atomic E-state index is 0.356. The molecule has 1 heterocycles. The molecule has 0 fully saturated rings. The molecular weight excluding hydrogens is 318 g/mol. The molecular formula is C16H16BrNS. The van der Waals surface area contributed by atoms with Crippen molar-refractivity contribution in [3.05, 3.63) is 64.1 Å². The van der Waals surface area contributed by atoms with E-state index in [1.807, 2.05) is 11.8 Å². The minimum Gasteiger partial charge on any atom is -0.303 e. The van der Waals surface area contributed by atoms with Crippen molar-refractivity contribution in [3.63, 3.8) is 0 Å². The van der Waals surface area contributed by atoms with Crippen molar-refractivity contribution in [3.8, 4) is 0 Å². The zero-order chi connectivity index (χ0) is 13.2. The summed E-state index contributed by atoms with van der Waals surface area (Å²) >= 11 is 5.48. The van der Waals surface area contributed by atoms with Gasteiger partial charge in [0, 0.05) is 27.2 Å². The van der Waals surface area contributed by atoms with Gasteiger partial charge in [-0.25, -0.2) is 0 Å². The van der Waals surface area contributed by atoms with Crippen LogP contribution in [0.2, 0.25) is 0 Å². The van der Waals surface area contributed by atoms with Crippen LogP contribution in [-0.2, 0) is 0 Å². The summed E-state index contributed by atoms with van der Waals surface area (Å²) in [6.45, 7) is 2.23. The second kappa shape index (κ2) is 5.70. The van der Waals surface area contributed by atoms with Crippen LogP contribution in [0.4, 0.5) is 0 Å². The van der Waals surface area contributed by atoms with E-state index >= 15 is 0 Å². The van der Waals surface area contributed by atoms with Crippen LogP contribution in [0, 0.1) is 0 Å². The summed E-state index contributed by atoms with van der Waals surface area (Å²) in [7, 11) is 0. The maximum Gasteiger partial charge on any atom is 0.0431 e. The van der Waals surface area contributed by atoms with Crippen LogP contribution in [0.25, 0.3) is 0 Å². The van der Waals surface area contributed by atoms with Crippen LogP contribution < -0.4 is 5.32 Å². The van der Waals surface area contributed by atoms with E-state index in [2.05, 4.69) is 76.7 Å². The topological polar surface area (TPSA) is 12.0 Å². The molecule has 0 saturated carbocycles. The molecule has 1 aliphatic heterocycles. The van der Waals surface area contributed by atoms with Gasteiger partial charge < -0.3 is 5.32 Å². The van der Waals surface area contributed by atoms with Gasteiger partial charge in [0.05, 0.1) is 0 Å². The molecule has 1 unspecified atom stereocenters. The number of halogens is 1. The Morgan fingerprint density at radius 1 is 1.21 bits per heavy atom. The fourth-order valence-corrected chi connectivity index (χ4v) is 4.07. The number of thioether (sulfide) groups is 1. The number of fused-ring (bicyclic) bond motifs is 1. The fraction of sp³-hybridized carbons (Fsp3) is 0.250. The SMILES string of the molecule is C[C@H](NC1CSc2ccccc21)c1cccc(Br)c1. The van der Waals surface area contributed by atoms with Crippen molar-refractivity contribution in [1.82, 2.24) is 5.32 Å². The Bertz CT molecular complexity index is 584. The van der Waals surface area contributed by atoms with Gasteiger partial charge in [-0.1, -0.05) is 46.3 Å². The molecule has 1 aliphatic rings. The van der Waals surface area contributed by atoms with E-state index in [9.17, 15) is 0 Å². The lowest BCUT2D eigenvalue weighted by atomic mass is 10.0. The Morgan fingerprint density at radius 2 is 2.05 bits per heavy atom. The quantitative estimate of drug-likeness (QED) is 0.853. The van der Waals surface area contributed by atoms with Gasteiger partial charge in [-0.05, 0) is 36.2 Å². The maximum absolute atomic E-state index is 3.74. The van der Waals surface area contributed by atoms with Crippen LogP contribution in [0.1, 0.15) is 30.1 Å². The molecule has 0 radical (unpaired) electrons. The van der Waals surface area contributed by atoms with Crippen LogP contribution >= 0.6 is 27.7 Å². The maximum atomic E-state index is 3.74. The highest BCUT2D eigenvalue weighted by molar-refractivity contribution is 9.10. The second-order valence-corrected chi connectivity index (χ2v) is 6.82. The Balaban J connectivity index is 1.76. The van der Waals surface area contributed by atoms with Gasteiger partial charge >= 0.3 is 0 Å². The van der Waals surface area contributed by atoms with Crippen LogP contribution in [0.15, 0.2) is 57.9 Å². The van der Waals surface area contributed by atoms with Crippen molar-refractivity contribution in [2.45, 2.75) is 23.9 Å². The molecule has 1 N–H and O–H groups in total. The molecule has 0 saturated heterocycles. The predicted octanol–water partition coefficient (Wildman–Crippen LogP) is 4.95. The summed E-state index contributed by atoms with van der Waals surface area (Å²) in [5.74, 6) is 1.12. The molecule has 19 heavy (non-hydrogen) atoms. The van der Waals surface area contributed by atoms with Gasteiger partial charge in [0.1, 0.15) is 0 Å². The zero-order valence-electron chi connectivity index (χ0n) is 10.8. The smallest absolute Gasteiger partial charge is 0.0431 e. The molecule has 0 bridgehead atoms. The number of hydrogen-bond acceptors (Lipinski definition) is 2. The molecule has 2 aromatic rings. The molecule has 1 nitrogen and oxygen atoms in total. The summed E-state index contributed by atoms with van der Waals surface area (Å²) in [5, 5.41) is 3.74. The summed E-state index contributed by atoms with van der Waals surface area (Å²) in [4.78, 5) is 1.42. The van der Waals surface area contributed by atoms with Crippen molar-refractivity contribution >= 4 is 27.7 Å². The van der Waals surface area contributed by atoms with Crippen molar-refractivity contribution in [1.29, 1.82) is 0 Å². The van der Waals surface area contributed by atoms with Gasteiger partial charge in [0.15, 0.2) is 0 Å². The molecule has 98 valence electrons. The number of nitrogens with one attached hydrogen (secondary N) is 1. The van der Waals surface area contributed by atoms with Crippen LogP contribution in [0.3, 0.4) is 0 Å². The fourth-order valence-electron chi connectivity index (χ4n) is 2.47. The summed E-state index contributed by atoms with van der Waals surface area (Å²) in [6.07, 6.45) is 0. The normalized spacial score (nSPS) is 19.2. The van der Waals surface area contributed by atoms with Gasteiger partial charge in [-0.2, -0.15) is 0 Å². The zero-order valence-corrected chi connectivity index (χ0v) is 13.2. The highest BCUT2D eigenvalue weighted by atomic mass is 79.9. The first-order valence-electron chi connectivity index (χ1n) is 6.47. The molecule has 2 aromatic carbocycles. The van der Waals surface area contributed by atoms with Crippen LogP contribution in [0.5, 0.6) is 0 Å². The Labute approximate surface area is 126 Å². The molecule has 0 spiro atoms. The van der Waals surface area contributed by atoms with Gasteiger partial charge in [0.25, 0.3) is 0 Å². The first kappa shape index (κ1) is 13.2. The largest absolute Gasteiger partial charge is 0.303 e. The third-order valence-corrected chi connectivity index (χ3v) is 5.18. The average molecular weight is 334 g/mol. The van der Waals surface area contributed by atoms with Gasteiger partial charge in [-0.15, -0.1) is 11.8 Å². The van der Waals surface area contributed by atoms with E-state index in [1.54, 1.807) is 0 Å². The van der Waals surface area contributed by atoms with Crippen molar-refractivity contribution in [2.75, 3.05) is 5.75 Å². The summed E-state index contributed by atoms with van der Waals surface area (Å²) in [6, 6.07) is 18.0. The third kappa shape index (κ3) is 2.88. The lowest BCUT2D eigenvalue weighted by molar-refractivity contribution is 0.501. The third-order valence-electron chi connectivity index (χ3n) is 3.50. The van der Waals surface area contributed by atoms with Crippen molar-refractivity contribution in [2.24, 2.45) is 0 Å². The number of rotatable bonds is 3. The standard InChI is InChI=1S/C16H16BrNS/c1-11(12-5-4-6-13(17)9-12)18-15-10-19-16-8-3-2-7-14(15)16/h2-9,11,15,18H,10H2,1H3/t11-,15?/m0/s1. The highest BCUT2D eigenvalue weighted by Gasteiger charge is 2.23. The molecule has 0 amide bonds. The van der Waals surface area contributed by atoms with Gasteiger partial charge in [-0.3, -0.25) is 0 Å². The minimum atomic E-state index is 0.356. The molecule has 0 aromatic heterocycles. The molecule has 0 aliphatic carbocycles. The van der Waals surface area contributed by atoms with Crippen molar-refractivity contribution < 1.29 is 0 Å². The first-order valence-corrected chi connectivity index (χ1v) is 8.25. The lowest BCUT2D eigenvalue weighted by Crippen LogP contribution is -2.24. The second-order valence-electron chi connectivity index (χ2n) is 4.84. The van der Waals surface area contributed by atoms with E-state index in [4.69, 9.17) is 0 Å². The average Bonchev–Trinajstić information content (AvgIpc) is 2.82. The van der Waals surface area contributed by atoms with E-state index < -0.39 is 0 Å². The monoisotopic (exact) mass is 333 g/mol. The van der Waals surface area contributed by atoms with E-state index in [0.29, 0.717) is 12.1 Å². The number of hydrogen-bond donors (Lipinski definition) is 1. The Kier molecular flexibility index (Phi) is 3.96. The number of benzene rings is 2. The predicted molar refractivity (Wildman–Crippen MR) is 85.6 cm³/mol. The first-order chi connectivity index (χ1) is 9.24. The molecule has 3 rings (SSSR count).